The highest BCUT2D eigenvalue weighted by Crippen LogP contribution is 2.28. The molecule has 10 nitrogen and oxygen atoms in total. The summed E-state index contributed by atoms with van der Waals surface area (Å²) in [5.74, 6) is 4.03. The molecule has 0 aliphatic heterocycles. The van der Waals surface area contributed by atoms with Gasteiger partial charge in [-0.25, -0.2) is 4.98 Å². The van der Waals surface area contributed by atoms with Gasteiger partial charge in [-0.05, 0) is 96.0 Å². The molecule has 12 heteroatoms. The number of benzene rings is 4. The average molecular weight is 627 g/mol. The van der Waals surface area contributed by atoms with E-state index in [1.807, 2.05) is 109 Å². The highest BCUT2D eigenvalue weighted by Gasteiger charge is 2.12. The van der Waals surface area contributed by atoms with Gasteiger partial charge in [-0.1, -0.05) is 36.4 Å². The van der Waals surface area contributed by atoms with Crippen molar-refractivity contribution in [1.82, 2.24) is 29.9 Å². The van der Waals surface area contributed by atoms with Crippen molar-refractivity contribution in [2.75, 3.05) is 14.2 Å². The summed E-state index contributed by atoms with van der Waals surface area (Å²) in [6.07, 6.45) is 0. The van der Waals surface area contributed by atoms with E-state index in [4.69, 9.17) is 37.4 Å². The van der Waals surface area contributed by atoms with Gasteiger partial charge < -0.3 is 18.9 Å². The second-order valence-electron chi connectivity index (χ2n) is 8.71. The molecule has 6 aromatic rings. The Morgan fingerprint density at radius 1 is 0.409 bits per heavy atom. The molecule has 0 unspecified atom stereocenters. The zero-order valence-electron chi connectivity index (χ0n) is 23.5. The molecule has 2 aromatic heterocycles. The van der Waals surface area contributed by atoms with Crippen LogP contribution in [0.15, 0.2) is 109 Å². The van der Waals surface area contributed by atoms with Gasteiger partial charge in [0.05, 0.1) is 14.2 Å². The Hall–Kier alpha value is -5.32. The normalized spacial score (nSPS) is 10.3. The Morgan fingerprint density at radius 3 is 1.16 bits per heavy atom. The number of nitrogens with zero attached hydrogens (tertiary/aromatic N) is 6. The molecule has 0 radical (unpaired) electrons. The molecule has 0 aliphatic carbocycles. The van der Waals surface area contributed by atoms with E-state index in [1.54, 1.807) is 0 Å². The minimum absolute atomic E-state index is 0.0249. The molecule has 0 aliphatic rings. The highest BCUT2D eigenvalue weighted by molar-refractivity contribution is 6.31. The predicted octanol–water partition coefficient (Wildman–Crippen LogP) is 7.99. The minimum Gasteiger partial charge on any atom is -0.467 e. The summed E-state index contributed by atoms with van der Waals surface area (Å²) >= 11 is 10.8. The monoisotopic (exact) mass is 626 g/mol. The molecule has 0 atom stereocenters. The molecule has 0 amide bonds. The van der Waals surface area contributed by atoms with Crippen LogP contribution in [0.25, 0.3) is 22.8 Å². The fraction of sp³-hybridized carbons (Fsp3) is 0.0625. The summed E-state index contributed by atoms with van der Waals surface area (Å²) < 4.78 is 21.7. The van der Waals surface area contributed by atoms with E-state index in [0.29, 0.717) is 11.6 Å². The Morgan fingerprint density at radius 2 is 0.773 bits per heavy atom. The second kappa shape index (κ2) is 14.7. The Kier molecular flexibility index (Phi) is 10.1. The van der Waals surface area contributed by atoms with Crippen molar-refractivity contribution in [2.45, 2.75) is 0 Å². The number of halogens is 2. The summed E-state index contributed by atoms with van der Waals surface area (Å²) in [5.41, 5.74) is 1.65. The van der Waals surface area contributed by atoms with Crippen LogP contribution in [0.1, 0.15) is 0 Å². The van der Waals surface area contributed by atoms with Crippen molar-refractivity contribution in [3.8, 4) is 57.8 Å². The SMILES string of the molecule is COc1nc(-c2ccc(Oc3ccccc3)cc2)nc(-c2ccc(Oc3ccccc3)cc2)n1.COc1nc(Cl)nc(Cl)n1. The first-order chi connectivity index (χ1) is 21.5. The molecule has 0 saturated carbocycles. The number of ether oxygens (including phenoxy) is 4. The molecular weight excluding hydrogens is 603 g/mol. The quantitative estimate of drug-likeness (QED) is 0.165. The van der Waals surface area contributed by atoms with Crippen LogP contribution in [-0.2, 0) is 0 Å². The van der Waals surface area contributed by atoms with Gasteiger partial charge in [0, 0.05) is 11.1 Å². The third-order valence-corrected chi connectivity index (χ3v) is 6.06. The second-order valence-corrected chi connectivity index (χ2v) is 9.38. The number of hydrogen-bond acceptors (Lipinski definition) is 10. The lowest BCUT2D eigenvalue weighted by molar-refractivity contribution is 0.378. The number of para-hydroxylation sites is 2. The van der Waals surface area contributed by atoms with Gasteiger partial charge in [0.1, 0.15) is 23.0 Å². The van der Waals surface area contributed by atoms with Crippen LogP contribution >= 0.6 is 23.2 Å². The molecule has 44 heavy (non-hydrogen) atoms. The molecule has 6 rings (SSSR count). The molecular formula is C32H24Cl2N6O4. The summed E-state index contributed by atoms with van der Waals surface area (Å²) in [6, 6.07) is 34.8. The van der Waals surface area contributed by atoms with Gasteiger partial charge in [0.2, 0.25) is 10.6 Å². The highest BCUT2D eigenvalue weighted by atomic mass is 35.5. The van der Waals surface area contributed by atoms with Crippen LogP contribution in [-0.4, -0.2) is 44.1 Å². The molecule has 220 valence electrons. The van der Waals surface area contributed by atoms with Crippen molar-refractivity contribution < 1.29 is 18.9 Å². The largest absolute Gasteiger partial charge is 0.467 e. The zero-order chi connectivity index (χ0) is 30.7. The fourth-order valence-corrected chi connectivity index (χ4v) is 4.05. The van der Waals surface area contributed by atoms with Crippen LogP contribution in [0, 0.1) is 0 Å². The molecule has 0 saturated heterocycles. The van der Waals surface area contributed by atoms with E-state index < -0.39 is 0 Å². The number of aromatic nitrogens is 6. The summed E-state index contributed by atoms with van der Waals surface area (Å²) in [5, 5.41) is 0.0497. The van der Waals surface area contributed by atoms with E-state index in [2.05, 4.69) is 34.6 Å². The first-order valence-corrected chi connectivity index (χ1v) is 13.8. The summed E-state index contributed by atoms with van der Waals surface area (Å²) in [4.78, 5) is 24.2. The molecule has 0 fully saturated rings. The van der Waals surface area contributed by atoms with Crippen molar-refractivity contribution in [3.05, 3.63) is 120 Å². The van der Waals surface area contributed by atoms with Gasteiger partial charge >= 0.3 is 12.0 Å². The van der Waals surface area contributed by atoms with Gasteiger partial charge in [-0.15, -0.1) is 0 Å². The third-order valence-electron chi connectivity index (χ3n) is 5.72. The number of methoxy groups -OCH3 is 2. The summed E-state index contributed by atoms with van der Waals surface area (Å²) in [6.45, 7) is 0. The van der Waals surface area contributed by atoms with E-state index in [9.17, 15) is 0 Å². The van der Waals surface area contributed by atoms with Crippen LogP contribution in [0.2, 0.25) is 10.6 Å². The van der Waals surface area contributed by atoms with E-state index in [-0.39, 0.29) is 22.6 Å². The first kappa shape index (κ1) is 30.1. The van der Waals surface area contributed by atoms with E-state index >= 15 is 0 Å². The molecule has 2 heterocycles. The zero-order valence-corrected chi connectivity index (χ0v) is 25.0. The van der Waals surface area contributed by atoms with Gasteiger partial charge in [0.15, 0.2) is 11.6 Å². The first-order valence-electron chi connectivity index (χ1n) is 13.1. The maximum Gasteiger partial charge on any atom is 0.321 e. The maximum atomic E-state index is 5.87. The van der Waals surface area contributed by atoms with Crippen LogP contribution < -0.4 is 18.9 Å². The standard InChI is InChI=1S/C28H21N3O3.C4H3Cl2N3O/c1-32-28-30-26(20-12-16-24(17-13-20)33-22-8-4-2-5-9-22)29-27(31-28)21-14-18-25(19-15-21)34-23-10-6-3-7-11-23;1-10-4-8-2(5)7-3(6)9-4/h2-19H,1H3;1H3. The maximum absolute atomic E-state index is 5.87. The Labute approximate surface area is 263 Å². The van der Waals surface area contributed by atoms with E-state index in [1.165, 1.54) is 14.2 Å². The summed E-state index contributed by atoms with van der Waals surface area (Å²) in [7, 11) is 2.96. The predicted molar refractivity (Wildman–Crippen MR) is 167 cm³/mol. The Balaban J connectivity index is 0.000000328. The fourth-order valence-electron chi connectivity index (χ4n) is 3.70. The van der Waals surface area contributed by atoms with Crippen molar-refractivity contribution >= 4 is 23.2 Å². The molecule has 0 N–H and O–H groups in total. The van der Waals surface area contributed by atoms with Gasteiger partial charge in [0.25, 0.3) is 0 Å². The lowest BCUT2D eigenvalue weighted by atomic mass is 10.2. The minimum atomic E-state index is 0.0249. The molecule has 0 bridgehead atoms. The smallest absolute Gasteiger partial charge is 0.321 e. The van der Waals surface area contributed by atoms with Gasteiger partial charge in [-0.2, -0.15) is 24.9 Å². The lowest BCUT2D eigenvalue weighted by Gasteiger charge is -2.09. The molecule has 4 aromatic carbocycles. The lowest BCUT2D eigenvalue weighted by Crippen LogP contribution is -2.00. The molecule has 0 spiro atoms. The van der Waals surface area contributed by atoms with Crippen molar-refractivity contribution in [2.24, 2.45) is 0 Å². The van der Waals surface area contributed by atoms with Crippen LogP contribution in [0.4, 0.5) is 0 Å². The average Bonchev–Trinajstić information content (AvgIpc) is 3.06. The Bertz CT molecular complexity index is 1670. The van der Waals surface area contributed by atoms with Crippen LogP contribution in [0.3, 0.4) is 0 Å². The number of hydrogen-bond donors (Lipinski definition) is 0. The third kappa shape index (κ3) is 8.37. The van der Waals surface area contributed by atoms with E-state index in [0.717, 1.165) is 34.1 Å². The number of rotatable bonds is 8. The van der Waals surface area contributed by atoms with Gasteiger partial charge in [-0.3, -0.25) is 0 Å². The van der Waals surface area contributed by atoms with Crippen LogP contribution in [0.5, 0.6) is 35.0 Å². The topological polar surface area (TPSA) is 114 Å². The van der Waals surface area contributed by atoms with Crippen molar-refractivity contribution in [3.63, 3.8) is 0 Å². The van der Waals surface area contributed by atoms with Crippen molar-refractivity contribution in [1.29, 1.82) is 0 Å².